The first-order valence-corrected chi connectivity index (χ1v) is 6.53. The molecule has 0 bridgehead atoms. The van der Waals surface area contributed by atoms with Crippen LogP contribution in [0.2, 0.25) is 0 Å². The average Bonchev–Trinajstić information content (AvgIpc) is 2.70. The second-order valence-electron chi connectivity index (χ2n) is 3.43. The zero-order valence-corrected chi connectivity index (χ0v) is 10.8. The molecule has 0 aliphatic heterocycles. The molecule has 3 heteroatoms. The largest absolute Gasteiger partial charge is 0.378 e. The standard InChI is InChI=1S/C12H12BrNS/c1-9(10-5-6-15-8-10)14-12-4-2-3-11(13)7-12/h2-9,14H,1H3. The predicted octanol–water partition coefficient (Wildman–Crippen LogP) is 4.68. The van der Waals surface area contributed by atoms with Gasteiger partial charge in [0.05, 0.1) is 0 Å². The van der Waals surface area contributed by atoms with Gasteiger partial charge in [0.2, 0.25) is 0 Å². The van der Waals surface area contributed by atoms with Crippen LogP contribution >= 0.6 is 27.3 Å². The normalized spacial score (nSPS) is 12.4. The molecule has 2 aromatic rings. The molecule has 78 valence electrons. The van der Waals surface area contributed by atoms with Gasteiger partial charge in [-0.1, -0.05) is 22.0 Å². The highest BCUT2D eigenvalue weighted by atomic mass is 79.9. The monoisotopic (exact) mass is 281 g/mol. The highest BCUT2D eigenvalue weighted by Crippen LogP contribution is 2.23. The number of hydrogen-bond acceptors (Lipinski definition) is 2. The van der Waals surface area contributed by atoms with Gasteiger partial charge in [0.15, 0.2) is 0 Å². The minimum absolute atomic E-state index is 0.352. The Balaban J connectivity index is 2.09. The average molecular weight is 282 g/mol. The van der Waals surface area contributed by atoms with E-state index in [0.717, 1.165) is 10.2 Å². The van der Waals surface area contributed by atoms with Crippen molar-refractivity contribution >= 4 is 33.0 Å². The van der Waals surface area contributed by atoms with E-state index >= 15 is 0 Å². The van der Waals surface area contributed by atoms with Crippen LogP contribution in [0, 0.1) is 0 Å². The van der Waals surface area contributed by atoms with E-state index in [1.165, 1.54) is 5.56 Å². The van der Waals surface area contributed by atoms with Gasteiger partial charge in [-0.2, -0.15) is 11.3 Å². The number of halogens is 1. The molecule has 0 amide bonds. The Hall–Kier alpha value is -0.800. The molecular formula is C12H12BrNS. The smallest absolute Gasteiger partial charge is 0.0493 e. The summed E-state index contributed by atoms with van der Waals surface area (Å²) >= 11 is 5.20. The summed E-state index contributed by atoms with van der Waals surface area (Å²) < 4.78 is 1.10. The Labute approximate surface area is 102 Å². The van der Waals surface area contributed by atoms with Crippen LogP contribution in [-0.4, -0.2) is 0 Å². The Morgan fingerprint density at radius 2 is 2.20 bits per heavy atom. The van der Waals surface area contributed by atoms with Crippen molar-refractivity contribution in [1.29, 1.82) is 0 Å². The molecule has 15 heavy (non-hydrogen) atoms. The quantitative estimate of drug-likeness (QED) is 0.861. The van der Waals surface area contributed by atoms with E-state index in [0.29, 0.717) is 6.04 Å². The van der Waals surface area contributed by atoms with Gasteiger partial charge in [0, 0.05) is 16.2 Å². The molecule has 0 saturated heterocycles. The molecule has 1 unspecified atom stereocenters. The third-order valence-electron chi connectivity index (χ3n) is 2.25. The molecule has 1 heterocycles. The lowest BCUT2D eigenvalue weighted by atomic mass is 10.2. The van der Waals surface area contributed by atoms with Gasteiger partial charge >= 0.3 is 0 Å². The fraction of sp³-hybridized carbons (Fsp3) is 0.167. The number of hydrogen-bond donors (Lipinski definition) is 1. The second-order valence-corrected chi connectivity index (χ2v) is 5.13. The minimum atomic E-state index is 0.352. The summed E-state index contributed by atoms with van der Waals surface area (Å²) in [5.74, 6) is 0. The van der Waals surface area contributed by atoms with Crippen LogP contribution < -0.4 is 5.32 Å². The third-order valence-corrected chi connectivity index (χ3v) is 3.45. The summed E-state index contributed by atoms with van der Waals surface area (Å²) in [6.07, 6.45) is 0. The lowest BCUT2D eigenvalue weighted by Crippen LogP contribution is -2.05. The topological polar surface area (TPSA) is 12.0 Å². The van der Waals surface area contributed by atoms with Gasteiger partial charge in [-0.15, -0.1) is 0 Å². The molecule has 0 aliphatic rings. The van der Waals surface area contributed by atoms with Gasteiger partial charge in [0.25, 0.3) is 0 Å². The summed E-state index contributed by atoms with van der Waals surface area (Å²) in [5, 5.41) is 7.74. The maximum atomic E-state index is 3.46. The van der Waals surface area contributed by atoms with Crippen molar-refractivity contribution in [3.8, 4) is 0 Å². The molecule has 1 nitrogen and oxygen atoms in total. The zero-order chi connectivity index (χ0) is 10.7. The highest BCUT2D eigenvalue weighted by Gasteiger charge is 2.04. The Kier molecular flexibility index (Phi) is 3.44. The Morgan fingerprint density at radius 1 is 1.33 bits per heavy atom. The van der Waals surface area contributed by atoms with Crippen LogP contribution in [0.3, 0.4) is 0 Å². The molecule has 0 spiro atoms. The maximum absolute atomic E-state index is 3.46. The van der Waals surface area contributed by atoms with Crippen molar-refractivity contribution in [2.45, 2.75) is 13.0 Å². The molecule has 1 N–H and O–H groups in total. The molecule has 1 aromatic carbocycles. The molecular weight excluding hydrogens is 270 g/mol. The van der Waals surface area contributed by atoms with Crippen molar-refractivity contribution in [1.82, 2.24) is 0 Å². The van der Waals surface area contributed by atoms with Crippen LogP contribution in [0.1, 0.15) is 18.5 Å². The predicted molar refractivity (Wildman–Crippen MR) is 70.5 cm³/mol. The van der Waals surface area contributed by atoms with Crippen LogP contribution in [-0.2, 0) is 0 Å². The number of benzene rings is 1. The van der Waals surface area contributed by atoms with E-state index in [4.69, 9.17) is 0 Å². The zero-order valence-electron chi connectivity index (χ0n) is 8.41. The second kappa shape index (κ2) is 4.81. The summed E-state index contributed by atoms with van der Waals surface area (Å²) in [6, 6.07) is 10.7. The number of nitrogens with one attached hydrogen (secondary N) is 1. The van der Waals surface area contributed by atoms with Crippen LogP contribution in [0.25, 0.3) is 0 Å². The van der Waals surface area contributed by atoms with Crippen LogP contribution in [0.4, 0.5) is 5.69 Å². The Bertz CT molecular complexity index is 425. The lowest BCUT2D eigenvalue weighted by Gasteiger charge is -2.14. The fourth-order valence-electron chi connectivity index (χ4n) is 1.43. The molecule has 1 atom stereocenters. The first kappa shape index (κ1) is 10.7. The van der Waals surface area contributed by atoms with Crippen LogP contribution in [0.15, 0.2) is 45.6 Å². The Morgan fingerprint density at radius 3 is 2.87 bits per heavy atom. The number of rotatable bonds is 3. The summed E-state index contributed by atoms with van der Waals surface area (Å²) in [6.45, 7) is 2.17. The van der Waals surface area contributed by atoms with Gasteiger partial charge < -0.3 is 5.32 Å². The first-order chi connectivity index (χ1) is 7.25. The van der Waals surface area contributed by atoms with Gasteiger partial charge in [0.1, 0.15) is 0 Å². The molecule has 0 fully saturated rings. The third kappa shape index (κ3) is 2.83. The minimum Gasteiger partial charge on any atom is -0.378 e. The molecule has 0 saturated carbocycles. The summed E-state index contributed by atoms with van der Waals surface area (Å²) in [5.41, 5.74) is 2.48. The van der Waals surface area contributed by atoms with Crippen molar-refractivity contribution in [2.24, 2.45) is 0 Å². The van der Waals surface area contributed by atoms with Gasteiger partial charge in [-0.3, -0.25) is 0 Å². The summed E-state index contributed by atoms with van der Waals surface area (Å²) in [7, 11) is 0. The fourth-order valence-corrected chi connectivity index (χ4v) is 2.59. The van der Waals surface area contributed by atoms with Crippen molar-refractivity contribution in [2.75, 3.05) is 5.32 Å². The van der Waals surface area contributed by atoms with E-state index in [1.54, 1.807) is 11.3 Å². The molecule has 0 aliphatic carbocycles. The molecule has 0 radical (unpaired) electrons. The van der Waals surface area contributed by atoms with Gasteiger partial charge in [-0.25, -0.2) is 0 Å². The van der Waals surface area contributed by atoms with E-state index in [9.17, 15) is 0 Å². The van der Waals surface area contributed by atoms with E-state index in [1.807, 2.05) is 12.1 Å². The lowest BCUT2D eigenvalue weighted by molar-refractivity contribution is 0.890. The number of anilines is 1. The maximum Gasteiger partial charge on any atom is 0.0493 e. The highest BCUT2D eigenvalue weighted by molar-refractivity contribution is 9.10. The first-order valence-electron chi connectivity index (χ1n) is 4.80. The molecule has 1 aromatic heterocycles. The summed E-state index contributed by atoms with van der Waals surface area (Å²) in [4.78, 5) is 0. The van der Waals surface area contributed by atoms with Crippen molar-refractivity contribution < 1.29 is 0 Å². The van der Waals surface area contributed by atoms with Crippen LogP contribution in [0.5, 0.6) is 0 Å². The van der Waals surface area contributed by atoms with E-state index < -0.39 is 0 Å². The SMILES string of the molecule is CC(Nc1cccc(Br)c1)c1ccsc1. The van der Waals surface area contributed by atoms with E-state index in [2.05, 4.69) is 57.1 Å². The van der Waals surface area contributed by atoms with Gasteiger partial charge in [-0.05, 0) is 47.5 Å². The number of thiophene rings is 1. The van der Waals surface area contributed by atoms with E-state index in [-0.39, 0.29) is 0 Å². The molecule has 2 rings (SSSR count). The van der Waals surface area contributed by atoms with Crippen molar-refractivity contribution in [3.63, 3.8) is 0 Å². The van der Waals surface area contributed by atoms with Crippen molar-refractivity contribution in [3.05, 3.63) is 51.1 Å².